The average molecular weight is 367 g/mol. The zero-order valence-corrected chi connectivity index (χ0v) is 14.7. The van der Waals surface area contributed by atoms with Gasteiger partial charge in [-0.1, -0.05) is 52.9 Å². The molecule has 0 bridgehead atoms. The number of aryl methyl sites for hydroxylation is 1. The minimum Gasteiger partial charge on any atom is -0.351 e. The van der Waals surface area contributed by atoms with E-state index in [1.54, 1.807) is 25.1 Å². The number of hydrogen-bond acceptors (Lipinski definition) is 5. The molecule has 1 amide bonds. The summed E-state index contributed by atoms with van der Waals surface area (Å²) in [6.45, 7) is 2.04. The van der Waals surface area contributed by atoms with Gasteiger partial charge in [-0.2, -0.15) is 0 Å². The Balaban J connectivity index is 1.78. The van der Waals surface area contributed by atoms with Crippen molar-refractivity contribution in [2.75, 3.05) is 4.90 Å². The van der Waals surface area contributed by atoms with Crippen LogP contribution < -0.4 is 4.90 Å². The van der Waals surface area contributed by atoms with E-state index >= 15 is 0 Å². The number of aromatic nitrogens is 2. The van der Waals surface area contributed by atoms with Crippen LogP contribution in [0.3, 0.4) is 0 Å². The molecule has 2 aromatic carbocycles. The van der Waals surface area contributed by atoms with Crippen LogP contribution in [0.2, 0.25) is 0 Å². The third-order valence-corrected chi connectivity index (χ3v) is 4.90. The van der Waals surface area contributed by atoms with Crippen molar-refractivity contribution in [3.63, 3.8) is 0 Å². The predicted octanol–water partition coefficient (Wildman–Crippen LogP) is 4.58. The number of anilines is 1. The van der Waals surface area contributed by atoms with Gasteiger partial charge in [-0.25, -0.2) is 9.37 Å². The van der Waals surface area contributed by atoms with Crippen LogP contribution in [-0.2, 0) is 6.54 Å². The van der Waals surface area contributed by atoms with Crippen LogP contribution in [0.1, 0.15) is 21.8 Å². The molecule has 2 heterocycles. The van der Waals surface area contributed by atoms with Crippen LogP contribution in [0.25, 0.3) is 10.2 Å². The van der Waals surface area contributed by atoms with Crippen LogP contribution >= 0.6 is 11.3 Å². The highest BCUT2D eigenvalue weighted by Crippen LogP contribution is 2.32. The third-order valence-electron chi connectivity index (χ3n) is 3.86. The number of carbonyl (C=O) groups is 1. The quantitative estimate of drug-likeness (QED) is 0.530. The highest BCUT2D eigenvalue weighted by atomic mass is 32.1. The third kappa shape index (κ3) is 3.09. The lowest BCUT2D eigenvalue weighted by Crippen LogP contribution is -2.30. The van der Waals surface area contributed by atoms with E-state index in [0.717, 1.165) is 5.56 Å². The van der Waals surface area contributed by atoms with Gasteiger partial charge in [-0.05, 0) is 24.6 Å². The molecule has 0 atom stereocenters. The average Bonchev–Trinajstić information content (AvgIpc) is 3.27. The Bertz CT molecular complexity index is 1070. The second-order valence-electron chi connectivity index (χ2n) is 5.79. The van der Waals surface area contributed by atoms with Crippen LogP contribution in [-0.4, -0.2) is 16.0 Å². The van der Waals surface area contributed by atoms with E-state index in [0.29, 0.717) is 22.1 Å². The molecule has 0 N–H and O–H groups in total. The summed E-state index contributed by atoms with van der Waals surface area (Å²) in [5.74, 6) is -0.653. The second-order valence-corrected chi connectivity index (χ2v) is 6.80. The topological polar surface area (TPSA) is 59.2 Å². The minimum atomic E-state index is -0.410. The number of hydrogen-bond donors (Lipinski definition) is 0. The molecule has 0 saturated heterocycles. The lowest BCUT2D eigenvalue weighted by atomic mass is 10.2. The van der Waals surface area contributed by atoms with Crippen LogP contribution in [0, 0.1) is 12.7 Å². The summed E-state index contributed by atoms with van der Waals surface area (Å²) in [6, 6.07) is 15.9. The van der Waals surface area contributed by atoms with Crippen molar-refractivity contribution in [1.29, 1.82) is 0 Å². The molecular weight excluding hydrogens is 353 g/mol. The number of nitrogens with zero attached hydrogens (tertiary/aromatic N) is 3. The molecule has 4 aromatic rings. The van der Waals surface area contributed by atoms with Crippen molar-refractivity contribution >= 4 is 32.6 Å². The predicted molar refractivity (Wildman–Crippen MR) is 97.8 cm³/mol. The number of halogens is 1. The van der Waals surface area contributed by atoms with E-state index in [1.807, 2.05) is 30.3 Å². The fourth-order valence-electron chi connectivity index (χ4n) is 2.61. The fraction of sp³-hybridized carbons (Fsp3) is 0.105. The molecule has 4 rings (SSSR count). The number of benzene rings is 2. The maximum atomic E-state index is 14.0. The first-order chi connectivity index (χ1) is 12.6. The van der Waals surface area contributed by atoms with E-state index in [-0.39, 0.29) is 17.2 Å². The summed E-state index contributed by atoms with van der Waals surface area (Å²) < 4.78 is 19.8. The number of thiazole rings is 1. The number of rotatable bonds is 4. The van der Waals surface area contributed by atoms with E-state index < -0.39 is 5.82 Å². The summed E-state index contributed by atoms with van der Waals surface area (Å²) in [4.78, 5) is 18.8. The van der Waals surface area contributed by atoms with Gasteiger partial charge in [0.2, 0.25) is 5.76 Å². The van der Waals surface area contributed by atoms with Crippen LogP contribution in [0.4, 0.5) is 9.52 Å². The molecule has 0 unspecified atom stereocenters. The molecular formula is C19H14FN3O2S. The summed E-state index contributed by atoms with van der Waals surface area (Å²) in [6.07, 6.45) is 0. The smallest absolute Gasteiger partial charge is 0.298 e. The van der Waals surface area contributed by atoms with Gasteiger partial charge in [0.1, 0.15) is 11.3 Å². The molecule has 0 radical (unpaired) electrons. The van der Waals surface area contributed by atoms with E-state index in [1.165, 1.54) is 22.3 Å². The van der Waals surface area contributed by atoms with Gasteiger partial charge in [0.05, 0.1) is 16.9 Å². The van der Waals surface area contributed by atoms with Crippen LogP contribution in [0.15, 0.2) is 59.1 Å². The molecule has 5 nitrogen and oxygen atoms in total. The second kappa shape index (κ2) is 6.68. The Hall–Kier alpha value is -3.06. The van der Waals surface area contributed by atoms with E-state index in [9.17, 15) is 9.18 Å². The lowest BCUT2D eigenvalue weighted by Gasteiger charge is -2.18. The number of fused-ring (bicyclic) bond motifs is 1. The van der Waals surface area contributed by atoms with Gasteiger partial charge >= 0.3 is 0 Å². The van der Waals surface area contributed by atoms with Crippen molar-refractivity contribution in [1.82, 2.24) is 10.1 Å². The molecule has 7 heteroatoms. The first-order valence-electron chi connectivity index (χ1n) is 7.96. The normalized spacial score (nSPS) is 11.0. The van der Waals surface area contributed by atoms with E-state index in [4.69, 9.17) is 4.52 Å². The monoisotopic (exact) mass is 367 g/mol. The maximum absolute atomic E-state index is 14.0. The van der Waals surface area contributed by atoms with Crippen LogP contribution in [0.5, 0.6) is 0 Å². The largest absolute Gasteiger partial charge is 0.351 e. The molecule has 130 valence electrons. The Morgan fingerprint density at radius 3 is 2.69 bits per heavy atom. The first-order valence-corrected chi connectivity index (χ1v) is 8.77. The van der Waals surface area contributed by atoms with Crippen molar-refractivity contribution < 1.29 is 13.7 Å². The Morgan fingerprint density at radius 1 is 1.19 bits per heavy atom. The lowest BCUT2D eigenvalue weighted by molar-refractivity contribution is 0.0949. The van der Waals surface area contributed by atoms with E-state index in [2.05, 4.69) is 10.1 Å². The van der Waals surface area contributed by atoms with Gasteiger partial charge in [0.15, 0.2) is 5.13 Å². The standard InChI is InChI=1S/C19H14FN3O2S/c1-12-10-15(25-22-12)18(24)23(11-13-6-3-2-4-7-13)19-21-17-14(20)8-5-9-16(17)26-19/h2-10H,11H2,1H3. The summed E-state index contributed by atoms with van der Waals surface area (Å²) in [5.41, 5.74) is 1.80. The first kappa shape index (κ1) is 16.4. The summed E-state index contributed by atoms with van der Waals surface area (Å²) in [5, 5.41) is 4.19. The fourth-order valence-corrected chi connectivity index (χ4v) is 3.59. The molecule has 0 aliphatic carbocycles. The van der Waals surface area contributed by atoms with Gasteiger partial charge in [0, 0.05) is 6.07 Å². The molecule has 0 fully saturated rings. The Kier molecular flexibility index (Phi) is 4.22. The molecule has 0 aliphatic rings. The highest BCUT2D eigenvalue weighted by Gasteiger charge is 2.25. The zero-order chi connectivity index (χ0) is 18.1. The molecule has 0 aliphatic heterocycles. The van der Waals surface area contributed by atoms with Crippen molar-refractivity contribution in [2.45, 2.75) is 13.5 Å². The van der Waals surface area contributed by atoms with Crippen molar-refractivity contribution in [3.05, 3.63) is 77.4 Å². The van der Waals surface area contributed by atoms with Crippen molar-refractivity contribution in [3.8, 4) is 0 Å². The maximum Gasteiger partial charge on any atom is 0.298 e. The number of amides is 1. The summed E-state index contributed by atoms with van der Waals surface area (Å²) in [7, 11) is 0. The SMILES string of the molecule is Cc1cc(C(=O)N(Cc2ccccc2)c2nc3c(F)cccc3s2)on1. The Labute approximate surface area is 152 Å². The van der Waals surface area contributed by atoms with Gasteiger partial charge in [-0.15, -0.1) is 0 Å². The molecule has 2 aromatic heterocycles. The minimum absolute atomic E-state index is 0.123. The highest BCUT2D eigenvalue weighted by molar-refractivity contribution is 7.22. The summed E-state index contributed by atoms with van der Waals surface area (Å²) >= 11 is 1.26. The zero-order valence-electron chi connectivity index (χ0n) is 13.8. The van der Waals surface area contributed by atoms with Gasteiger partial charge in [0.25, 0.3) is 5.91 Å². The van der Waals surface area contributed by atoms with Crippen molar-refractivity contribution in [2.24, 2.45) is 0 Å². The van der Waals surface area contributed by atoms with Gasteiger partial charge in [-0.3, -0.25) is 9.69 Å². The molecule has 0 spiro atoms. The molecule has 0 saturated carbocycles. The Morgan fingerprint density at radius 2 is 2.00 bits per heavy atom. The number of para-hydroxylation sites is 1. The van der Waals surface area contributed by atoms with Gasteiger partial charge < -0.3 is 4.52 Å². The number of carbonyl (C=O) groups excluding carboxylic acids is 1. The molecule has 26 heavy (non-hydrogen) atoms.